The molecule has 3 rings (SSSR count). The summed E-state index contributed by atoms with van der Waals surface area (Å²) in [6.07, 6.45) is 0. The Labute approximate surface area is 187 Å². The lowest BCUT2D eigenvalue weighted by Gasteiger charge is -2.09. The van der Waals surface area contributed by atoms with E-state index in [0.717, 1.165) is 15.7 Å². The Hall–Kier alpha value is -2.65. The lowest BCUT2D eigenvalue weighted by Crippen LogP contribution is -2.25. The Kier molecular flexibility index (Phi) is 7.64. The van der Waals surface area contributed by atoms with Gasteiger partial charge in [-0.05, 0) is 59.6 Å². The normalized spacial score (nSPS) is 10.6. The first-order chi connectivity index (χ1) is 14.5. The van der Waals surface area contributed by atoms with Gasteiger partial charge < -0.3 is 15.2 Å². The fourth-order valence-corrected chi connectivity index (χ4v) is 4.11. The third-order valence-electron chi connectivity index (χ3n) is 4.27. The highest BCUT2D eigenvalue weighted by molar-refractivity contribution is 9.10. The van der Waals surface area contributed by atoms with Gasteiger partial charge in [0.25, 0.3) is 5.91 Å². The van der Waals surface area contributed by atoms with Crippen molar-refractivity contribution in [2.24, 2.45) is 0 Å². The molecule has 0 saturated carbocycles. The van der Waals surface area contributed by atoms with Gasteiger partial charge in [-0.15, -0.1) is 10.2 Å². The number of carbonyl (C=O) groups excluding carboxylic acids is 2. The van der Waals surface area contributed by atoms with Crippen LogP contribution in [0.5, 0.6) is 0 Å². The Morgan fingerprint density at radius 1 is 1.13 bits per heavy atom. The van der Waals surface area contributed by atoms with Crippen molar-refractivity contribution in [3.8, 4) is 0 Å². The minimum absolute atomic E-state index is 0.111. The molecule has 1 aromatic heterocycles. The third kappa shape index (κ3) is 5.70. The van der Waals surface area contributed by atoms with E-state index in [1.54, 1.807) is 6.07 Å². The van der Waals surface area contributed by atoms with Crippen LogP contribution in [0.25, 0.3) is 0 Å². The van der Waals surface area contributed by atoms with Crippen LogP contribution in [0.3, 0.4) is 0 Å². The minimum atomic E-state index is -0.195. The number of nitrogens with zero attached hydrogens (tertiary/aromatic N) is 3. The van der Waals surface area contributed by atoms with Gasteiger partial charge in [0.05, 0.1) is 17.9 Å². The van der Waals surface area contributed by atoms with Crippen molar-refractivity contribution in [3.63, 3.8) is 0 Å². The fraction of sp³-hybridized carbons (Fsp3) is 0.238. The van der Waals surface area contributed by atoms with E-state index < -0.39 is 0 Å². The summed E-state index contributed by atoms with van der Waals surface area (Å²) in [5.74, 6) is 0.550. The molecule has 156 valence electrons. The third-order valence-corrected chi connectivity index (χ3v) is 5.93. The molecule has 0 aliphatic carbocycles. The SMILES string of the molecule is CCn1c(CNC(=O)c2ccccc2Br)nnc1SCC(=O)Nc1cccc(C)c1. The maximum absolute atomic E-state index is 12.4. The molecule has 9 heteroatoms. The van der Waals surface area contributed by atoms with Crippen LogP contribution in [-0.2, 0) is 17.9 Å². The summed E-state index contributed by atoms with van der Waals surface area (Å²) in [5.41, 5.74) is 2.41. The molecule has 0 bridgehead atoms. The Morgan fingerprint density at radius 2 is 1.93 bits per heavy atom. The molecule has 30 heavy (non-hydrogen) atoms. The summed E-state index contributed by atoms with van der Waals surface area (Å²) in [6, 6.07) is 14.9. The summed E-state index contributed by atoms with van der Waals surface area (Å²) in [5, 5.41) is 14.8. The second-order valence-corrected chi connectivity index (χ2v) is 8.31. The predicted molar refractivity (Wildman–Crippen MR) is 122 cm³/mol. The predicted octanol–water partition coefficient (Wildman–Crippen LogP) is 4.03. The second-order valence-electron chi connectivity index (χ2n) is 6.51. The number of amides is 2. The molecule has 0 spiro atoms. The number of aromatic nitrogens is 3. The molecule has 0 unspecified atom stereocenters. The number of halogens is 1. The topological polar surface area (TPSA) is 88.9 Å². The zero-order chi connectivity index (χ0) is 21.5. The molecule has 2 amide bonds. The zero-order valence-corrected chi connectivity index (χ0v) is 19.1. The number of carbonyl (C=O) groups is 2. The van der Waals surface area contributed by atoms with Crippen LogP contribution in [0.2, 0.25) is 0 Å². The highest BCUT2D eigenvalue weighted by atomic mass is 79.9. The van der Waals surface area contributed by atoms with Crippen LogP contribution in [-0.4, -0.2) is 32.3 Å². The van der Waals surface area contributed by atoms with E-state index in [4.69, 9.17) is 0 Å². The highest BCUT2D eigenvalue weighted by Crippen LogP contribution is 2.19. The van der Waals surface area contributed by atoms with Crippen LogP contribution in [0, 0.1) is 6.92 Å². The second kappa shape index (κ2) is 10.4. The Morgan fingerprint density at radius 3 is 2.67 bits per heavy atom. The van der Waals surface area contributed by atoms with Crippen molar-refractivity contribution in [1.82, 2.24) is 20.1 Å². The molecule has 2 N–H and O–H groups in total. The monoisotopic (exact) mass is 487 g/mol. The van der Waals surface area contributed by atoms with Crippen LogP contribution in [0.15, 0.2) is 58.2 Å². The number of benzene rings is 2. The van der Waals surface area contributed by atoms with Gasteiger partial charge in [0, 0.05) is 16.7 Å². The van der Waals surface area contributed by atoms with Crippen LogP contribution >= 0.6 is 27.7 Å². The number of hydrogen-bond acceptors (Lipinski definition) is 5. The van der Waals surface area contributed by atoms with Gasteiger partial charge in [0.1, 0.15) is 0 Å². The average Bonchev–Trinajstić information content (AvgIpc) is 3.12. The van der Waals surface area contributed by atoms with E-state index in [9.17, 15) is 9.59 Å². The number of hydrogen-bond donors (Lipinski definition) is 2. The van der Waals surface area contributed by atoms with Gasteiger partial charge in [-0.1, -0.05) is 36.0 Å². The molecule has 0 aliphatic heterocycles. The molecule has 7 nitrogen and oxygen atoms in total. The number of anilines is 1. The van der Waals surface area contributed by atoms with Crippen LogP contribution in [0.4, 0.5) is 5.69 Å². The summed E-state index contributed by atoms with van der Waals surface area (Å²) in [7, 11) is 0. The largest absolute Gasteiger partial charge is 0.345 e. The smallest absolute Gasteiger partial charge is 0.252 e. The van der Waals surface area contributed by atoms with E-state index in [-0.39, 0.29) is 24.1 Å². The first kappa shape index (κ1) is 22.0. The van der Waals surface area contributed by atoms with E-state index in [0.29, 0.717) is 23.1 Å². The molecule has 1 heterocycles. The lowest BCUT2D eigenvalue weighted by molar-refractivity contribution is -0.113. The van der Waals surface area contributed by atoms with E-state index >= 15 is 0 Å². The van der Waals surface area contributed by atoms with Crippen molar-refractivity contribution < 1.29 is 9.59 Å². The number of rotatable bonds is 8. The van der Waals surface area contributed by atoms with Crippen molar-refractivity contribution in [1.29, 1.82) is 0 Å². The standard InChI is InChI=1S/C21H22BrN5O2S/c1-3-27-18(12-23-20(29)16-9-4-5-10-17(16)22)25-26-21(27)30-13-19(28)24-15-8-6-7-14(2)11-15/h4-11H,3,12-13H2,1-2H3,(H,23,29)(H,24,28). The van der Waals surface area contributed by atoms with E-state index in [1.807, 2.05) is 60.9 Å². The summed E-state index contributed by atoms with van der Waals surface area (Å²) < 4.78 is 2.63. The van der Waals surface area contributed by atoms with Crippen molar-refractivity contribution in [2.45, 2.75) is 32.1 Å². The Bertz CT molecular complexity index is 1050. The van der Waals surface area contributed by atoms with Gasteiger partial charge in [0.2, 0.25) is 5.91 Å². The average molecular weight is 488 g/mol. The Balaban J connectivity index is 1.58. The number of nitrogens with one attached hydrogen (secondary N) is 2. The zero-order valence-electron chi connectivity index (χ0n) is 16.7. The molecular weight excluding hydrogens is 466 g/mol. The van der Waals surface area contributed by atoms with Crippen LogP contribution in [0.1, 0.15) is 28.7 Å². The lowest BCUT2D eigenvalue weighted by atomic mass is 10.2. The molecule has 0 fully saturated rings. The molecule has 0 aliphatic rings. The molecule has 0 saturated heterocycles. The summed E-state index contributed by atoms with van der Waals surface area (Å²) in [4.78, 5) is 24.7. The van der Waals surface area contributed by atoms with Gasteiger partial charge in [0.15, 0.2) is 11.0 Å². The van der Waals surface area contributed by atoms with Gasteiger partial charge >= 0.3 is 0 Å². The fourth-order valence-electron chi connectivity index (χ4n) is 2.82. The number of thioether (sulfide) groups is 1. The first-order valence-corrected chi connectivity index (χ1v) is 11.2. The quantitative estimate of drug-likeness (QED) is 0.468. The van der Waals surface area contributed by atoms with E-state index in [2.05, 4.69) is 36.8 Å². The highest BCUT2D eigenvalue weighted by Gasteiger charge is 2.15. The summed E-state index contributed by atoms with van der Waals surface area (Å²) in [6.45, 7) is 4.83. The van der Waals surface area contributed by atoms with Crippen LogP contribution < -0.4 is 10.6 Å². The van der Waals surface area contributed by atoms with Crippen molar-refractivity contribution in [2.75, 3.05) is 11.1 Å². The van der Waals surface area contributed by atoms with Gasteiger partial charge in [-0.2, -0.15) is 0 Å². The van der Waals surface area contributed by atoms with Gasteiger partial charge in [-0.3, -0.25) is 9.59 Å². The number of aryl methyl sites for hydroxylation is 1. The van der Waals surface area contributed by atoms with Crippen molar-refractivity contribution >= 4 is 45.2 Å². The maximum atomic E-state index is 12.4. The molecular formula is C21H22BrN5O2S. The molecule has 0 radical (unpaired) electrons. The summed E-state index contributed by atoms with van der Waals surface area (Å²) >= 11 is 4.70. The minimum Gasteiger partial charge on any atom is -0.345 e. The maximum Gasteiger partial charge on any atom is 0.252 e. The molecule has 2 aromatic carbocycles. The van der Waals surface area contributed by atoms with E-state index in [1.165, 1.54) is 11.8 Å². The van der Waals surface area contributed by atoms with Gasteiger partial charge in [-0.25, -0.2) is 0 Å². The first-order valence-electron chi connectivity index (χ1n) is 9.42. The van der Waals surface area contributed by atoms with Crippen molar-refractivity contribution in [3.05, 3.63) is 70.0 Å². The molecule has 3 aromatic rings. The molecule has 0 atom stereocenters.